The average Bonchev–Trinajstić information content (AvgIpc) is 2.35. The number of nitrogens with zero attached hydrogens (tertiary/aromatic N) is 1. The third kappa shape index (κ3) is 3.76. The molecule has 1 saturated heterocycles. The van der Waals surface area contributed by atoms with Gasteiger partial charge in [0, 0.05) is 30.0 Å². The molecule has 0 radical (unpaired) electrons. The van der Waals surface area contributed by atoms with Crippen LogP contribution in [0.5, 0.6) is 0 Å². The second kappa shape index (κ2) is 7.49. The molecule has 0 aromatic rings. The monoisotopic (exact) mass is 278 g/mol. The molecule has 0 spiro atoms. The van der Waals surface area contributed by atoms with Crippen LogP contribution in [0.4, 0.5) is 0 Å². The lowest BCUT2D eigenvalue weighted by molar-refractivity contribution is -0.134. The molecule has 0 aromatic carbocycles. The molecule has 1 aliphatic carbocycles. The number of amides is 1. The van der Waals surface area contributed by atoms with Crippen molar-refractivity contribution in [3.05, 3.63) is 0 Å². The fourth-order valence-corrected chi connectivity index (χ4v) is 4.25. The van der Waals surface area contributed by atoms with Crippen molar-refractivity contribution in [2.45, 2.75) is 49.8 Å². The van der Waals surface area contributed by atoms with E-state index in [9.17, 15) is 4.79 Å². The van der Waals surface area contributed by atoms with Crippen LogP contribution in [0.2, 0.25) is 0 Å². The highest BCUT2D eigenvalue weighted by molar-refractivity contribution is 8.00. The zero-order valence-electron chi connectivity index (χ0n) is 10.3. The summed E-state index contributed by atoms with van der Waals surface area (Å²) in [7, 11) is 0. The molecule has 1 heterocycles. The molecule has 2 N–H and O–H groups in total. The molecule has 1 saturated carbocycles. The number of nitrogens with two attached hydrogens (primary N) is 1. The van der Waals surface area contributed by atoms with Crippen LogP contribution in [0.25, 0.3) is 0 Å². The van der Waals surface area contributed by atoms with E-state index in [1.807, 2.05) is 0 Å². The number of fused-ring (bicyclic) bond motifs is 1. The Kier molecular flexibility index (Phi) is 6.67. The van der Waals surface area contributed by atoms with Crippen LogP contribution in [0.15, 0.2) is 0 Å². The first-order valence-electron chi connectivity index (χ1n) is 6.44. The van der Waals surface area contributed by atoms with Gasteiger partial charge in [-0.1, -0.05) is 12.8 Å². The number of hydrogen-bond acceptors (Lipinski definition) is 3. The van der Waals surface area contributed by atoms with E-state index in [1.54, 1.807) is 0 Å². The topological polar surface area (TPSA) is 46.3 Å². The largest absolute Gasteiger partial charge is 0.338 e. The van der Waals surface area contributed by atoms with Gasteiger partial charge >= 0.3 is 0 Å². The van der Waals surface area contributed by atoms with Gasteiger partial charge in [0.15, 0.2) is 0 Å². The molecule has 2 aliphatic rings. The molecule has 0 aromatic heterocycles. The minimum Gasteiger partial charge on any atom is -0.338 e. The first kappa shape index (κ1) is 15.1. The number of hydrogen-bond donors (Lipinski definition) is 1. The molecule has 17 heavy (non-hydrogen) atoms. The molecular formula is C12H23ClN2OS. The first-order valence-corrected chi connectivity index (χ1v) is 7.49. The summed E-state index contributed by atoms with van der Waals surface area (Å²) in [4.78, 5) is 14.2. The lowest BCUT2D eigenvalue weighted by Crippen LogP contribution is -2.51. The van der Waals surface area contributed by atoms with Crippen molar-refractivity contribution in [1.29, 1.82) is 0 Å². The second-order valence-corrected chi connectivity index (χ2v) is 6.09. The zero-order valence-corrected chi connectivity index (χ0v) is 11.9. The molecule has 2 fully saturated rings. The fraction of sp³-hybridized carbons (Fsp3) is 0.917. The van der Waals surface area contributed by atoms with Crippen molar-refractivity contribution in [3.63, 3.8) is 0 Å². The summed E-state index contributed by atoms with van der Waals surface area (Å²) in [6.45, 7) is 1.58. The van der Waals surface area contributed by atoms with Crippen molar-refractivity contribution in [2.24, 2.45) is 5.73 Å². The summed E-state index contributed by atoms with van der Waals surface area (Å²) < 4.78 is 0. The first-order chi connectivity index (χ1) is 7.83. The number of carbonyl (C=O) groups is 1. The molecule has 2 rings (SSSR count). The Morgan fingerprint density at radius 3 is 2.88 bits per heavy atom. The van der Waals surface area contributed by atoms with Gasteiger partial charge in [0.05, 0.1) is 0 Å². The molecule has 0 bridgehead atoms. The van der Waals surface area contributed by atoms with Crippen molar-refractivity contribution < 1.29 is 4.79 Å². The Morgan fingerprint density at radius 1 is 1.35 bits per heavy atom. The third-order valence-electron chi connectivity index (χ3n) is 3.65. The van der Waals surface area contributed by atoms with Crippen molar-refractivity contribution in [2.75, 3.05) is 18.8 Å². The van der Waals surface area contributed by atoms with Gasteiger partial charge in [0.2, 0.25) is 5.91 Å². The maximum Gasteiger partial charge on any atom is 0.222 e. The highest BCUT2D eigenvalue weighted by Crippen LogP contribution is 2.35. The van der Waals surface area contributed by atoms with Crippen molar-refractivity contribution in [1.82, 2.24) is 4.90 Å². The molecule has 100 valence electrons. The maximum atomic E-state index is 12.1. The fourth-order valence-electron chi connectivity index (χ4n) is 2.80. The normalized spacial score (nSPS) is 28.2. The summed E-state index contributed by atoms with van der Waals surface area (Å²) in [5.41, 5.74) is 5.46. The van der Waals surface area contributed by atoms with Crippen molar-refractivity contribution >= 4 is 30.1 Å². The van der Waals surface area contributed by atoms with Gasteiger partial charge in [-0.25, -0.2) is 0 Å². The van der Waals surface area contributed by atoms with E-state index in [2.05, 4.69) is 16.7 Å². The quantitative estimate of drug-likeness (QED) is 0.859. The standard InChI is InChI=1S/C12H22N2OS.ClH/c13-7-3-6-12(15)14-8-9-16-11-5-2-1-4-10(11)14;/h10-11H,1-9,13H2;1H. The van der Waals surface area contributed by atoms with E-state index < -0.39 is 0 Å². The molecule has 2 unspecified atom stereocenters. The third-order valence-corrected chi connectivity index (χ3v) is 5.04. The predicted molar refractivity (Wildman–Crippen MR) is 75.8 cm³/mol. The Labute approximate surface area is 114 Å². The lowest BCUT2D eigenvalue weighted by Gasteiger charge is -2.43. The van der Waals surface area contributed by atoms with Gasteiger partial charge in [-0.05, 0) is 25.8 Å². The summed E-state index contributed by atoms with van der Waals surface area (Å²) in [5, 5.41) is 0.712. The van der Waals surface area contributed by atoms with Crippen LogP contribution in [0.3, 0.4) is 0 Å². The SMILES string of the molecule is Cl.NCCCC(=O)N1CCSC2CCCCC21. The van der Waals surface area contributed by atoms with Gasteiger partial charge in [-0.15, -0.1) is 12.4 Å². The molecule has 1 aliphatic heterocycles. The molecular weight excluding hydrogens is 256 g/mol. The number of carbonyl (C=O) groups excluding carboxylic acids is 1. The summed E-state index contributed by atoms with van der Waals surface area (Å²) >= 11 is 2.07. The average molecular weight is 279 g/mol. The van der Waals surface area contributed by atoms with Gasteiger partial charge in [0.1, 0.15) is 0 Å². The highest BCUT2D eigenvalue weighted by Gasteiger charge is 2.35. The maximum absolute atomic E-state index is 12.1. The smallest absolute Gasteiger partial charge is 0.222 e. The Bertz CT molecular complexity index is 251. The van der Waals surface area contributed by atoms with Gasteiger partial charge in [0.25, 0.3) is 0 Å². The zero-order chi connectivity index (χ0) is 11.4. The summed E-state index contributed by atoms with van der Waals surface area (Å²) in [5.74, 6) is 1.46. The molecule has 2 atom stereocenters. The van der Waals surface area contributed by atoms with Gasteiger partial charge < -0.3 is 10.6 Å². The lowest BCUT2D eigenvalue weighted by atomic mass is 9.93. The van der Waals surface area contributed by atoms with E-state index in [0.29, 0.717) is 30.2 Å². The van der Waals surface area contributed by atoms with Crippen LogP contribution in [0, 0.1) is 0 Å². The van der Waals surface area contributed by atoms with E-state index in [0.717, 1.165) is 18.7 Å². The van der Waals surface area contributed by atoms with Crippen LogP contribution >= 0.6 is 24.2 Å². The van der Waals surface area contributed by atoms with E-state index >= 15 is 0 Å². The second-order valence-electron chi connectivity index (χ2n) is 4.74. The number of rotatable bonds is 3. The van der Waals surface area contributed by atoms with Gasteiger partial charge in [-0.3, -0.25) is 4.79 Å². The van der Waals surface area contributed by atoms with E-state index in [1.165, 1.54) is 25.7 Å². The minimum atomic E-state index is 0. The Hall–Kier alpha value is 0.0700. The summed E-state index contributed by atoms with van der Waals surface area (Å²) in [6, 6.07) is 0.526. The minimum absolute atomic E-state index is 0. The Balaban J connectivity index is 0.00000144. The number of thioether (sulfide) groups is 1. The van der Waals surface area contributed by atoms with Crippen LogP contribution < -0.4 is 5.73 Å². The van der Waals surface area contributed by atoms with Crippen LogP contribution in [0.1, 0.15) is 38.5 Å². The van der Waals surface area contributed by atoms with Crippen LogP contribution in [-0.4, -0.2) is 40.9 Å². The highest BCUT2D eigenvalue weighted by atomic mass is 35.5. The molecule has 3 nitrogen and oxygen atoms in total. The summed E-state index contributed by atoms with van der Waals surface area (Å²) in [6.07, 6.45) is 6.63. The van der Waals surface area contributed by atoms with Crippen molar-refractivity contribution in [3.8, 4) is 0 Å². The number of halogens is 1. The predicted octanol–water partition coefficient (Wildman–Crippen LogP) is 2.03. The molecule has 1 amide bonds. The Morgan fingerprint density at radius 2 is 2.12 bits per heavy atom. The van der Waals surface area contributed by atoms with E-state index in [4.69, 9.17) is 5.73 Å². The van der Waals surface area contributed by atoms with Crippen LogP contribution in [-0.2, 0) is 4.79 Å². The molecule has 5 heteroatoms. The van der Waals surface area contributed by atoms with E-state index in [-0.39, 0.29) is 12.4 Å². The van der Waals surface area contributed by atoms with Gasteiger partial charge in [-0.2, -0.15) is 11.8 Å².